The summed E-state index contributed by atoms with van der Waals surface area (Å²) >= 11 is 0. The normalized spacial score (nSPS) is 16.4. The molecule has 0 aliphatic carbocycles. The zero-order chi connectivity index (χ0) is 10.8. The van der Waals surface area contributed by atoms with Crippen molar-refractivity contribution in [2.45, 2.75) is 26.3 Å². The van der Waals surface area contributed by atoms with Crippen LogP contribution in [0.1, 0.15) is 31.9 Å². The van der Waals surface area contributed by atoms with Gasteiger partial charge >= 0.3 is 0 Å². The van der Waals surface area contributed by atoms with Crippen molar-refractivity contribution in [2.24, 2.45) is 11.7 Å². The maximum absolute atomic E-state index is 6.15. The SMILES string of the molecule is CCC(C)[C@H](N)c1ccc2c(c1)OCO2.Cl. The van der Waals surface area contributed by atoms with Gasteiger partial charge in [-0.3, -0.25) is 0 Å². The van der Waals surface area contributed by atoms with E-state index in [0.29, 0.717) is 12.7 Å². The van der Waals surface area contributed by atoms with Crippen LogP contribution in [-0.4, -0.2) is 6.79 Å². The van der Waals surface area contributed by atoms with Gasteiger partial charge < -0.3 is 15.2 Å². The van der Waals surface area contributed by atoms with Gasteiger partial charge in [0, 0.05) is 6.04 Å². The van der Waals surface area contributed by atoms with Gasteiger partial charge in [-0.1, -0.05) is 26.3 Å². The summed E-state index contributed by atoms with van der Waals surface area (Å²) in [5.41, 5.74) is 7.27. The molecule has 1 aromatic carbocycles. The lowest BCUT2D eigenvalue weighted by atomic mass is 9.93. The van der Waals surface area contributed by atoms with Crippen molar-refractivity contribution in [1.29, 1.82) is 0 Å². The van der Waals surface area contributed by atoms with Gasteiger partial charge in [0.1, 0.15) is 0 Å². The van der Waals surface area contributed by atoms with E-state index in [9.17, 15) is 0 Å². The molecule has 1 unspecified atom stereocenters. The Hall–Kier alpha value is -0.930. The van der Waals surface area contributed by atoms with Crippen LogP contribution in [0.4, 0.5) is 0 Å². The van der Waals surface area contributed by atoms with E-state index in [1.54, 1.807) is 0 Å². The largest absolute Gasteiger partial charge is 0.454 e. The molecule has 0 saturated carbocycles. The summed E-state index contributed by atoms with van der Waals surface area (Å²) in [6, 6.07) is 6.01. The minimum Gasteiger partial charge on any atom is -0.454 e. The molecule has 1 aliphatic rings. The number of hydrogen-bond acceptors (Lipinski definition) is 3. The second kappa shape index (κ2) is 5.41. The quantitative estimate of drug-likeness (QED) is 0.888. The van der Waals surface area contributed by atoms with Gasteiger partial charge in [0.25, 0.3) is 0 Å². The Morgan fingerprint density at radius 1 is 1.31 bits per heavy atom. The number of ether oxygens (including phenoxy) is 2. The highest BCUT2D eigenvalue weighted by Crippen LogP contribution is 2.35. The first-order valence-corrected chi connectivity index (χ1v) is 5.37. The van der Waals surface area contributed by atoms with Gasteiger partial charge in [0.15, 0.2) is 11.5 Å². The first-order chi connectivity index (χ1) is 7.22. The topological polar surface area (TPSA) is 44.5 Å². The molecule has 0 radical (unpaired) electrons. The molecule has 4 heteroatoms. The lowest BCUT2D eigenvalue weighted by Crippen LogP contribution is -2.18. The van der Waals surface area contributed by atoms with Gasteiger partial charge in [0.2, 0.25) is 6.79 Å². The number of rotatable bonds is 3. The lowest BCUT2D eigenvalue weighted by molar-refractivity contribution is 0.174. The summed E-state index contributed by atoms with van der Waals surface area (Å²) in [6.45, 7) is 4.63. The maximum atomic E-state index is 6.15. The fourth-order valence-electron chi connectivity index (χ4n) is 1.70. The third kappa shape index (κ3) is 2.42. The molecule has 90 valence electrons. The van der Waals surface area contributed by atoms with Crippen molar-refractivity contribution in [1.82, 2.24) is 0 Å². The second-order valence-electron chi connectivity index (χ2n) is 4.02. The Morgan fingerprint density at radius 2 is 2.00 bits per heavy atom. The first kappa shape index (κ1) is 13.1. The highest BCUT2D eigenvalue weighted by Gasteiger charge is 2.18. The van der Waals surface area contributed by atoms with Crippen molar-refractivity contribution in [3.63, 3.8) is 0 Å². The standard InChI is InChI=1S/C12H17NO2.ClH/c1-3-8(2)12(13)9-4-5-10-11(6-9)15-7-14-10;/h4-6,8,12H,3,7,13H2,1-2H3;1H/t8?,12-;/m0./s1. The lowest BCUT2D eigenvalue weighted by Gasteiger charge is -2.18. The average molecular weight is 244 g/mol. The van der Waals surface area contributed by atoms with Crippen LogP contribution in [0.25, 0.3) is 0 Å². The van der Waals surface area contributed by atoms with Gasteiger partial charge in [-0.25, -0.2) is 0 Å². The minimum atomic E-state index is 0. The van der Waals surface area contributed by atoms with Crippen LogP contribution in [0.15, 0.2) is 18.2 Å². The highest BCUT2D eigenvalue weighted by molar-refractivity contribution is 5.85. The van der Waals surface area contributed by atoms with E-state index in [0.717, 1.165) is 23.5 Å². The Bertz CT molecular complexity index is 357. The number of nitrogens with two attached hydrogens (primary N) is 1. The van der Waals surface area contributed by atoms with Crippen molar-refractivity contribution in [2.75, 3.05) is 6.79 Å². The molecule has 1 heterocycles. The van der Waals surface area contributed by atoms with E-state index in [1.165, 1.54) is 0 Å². The van der Waals surface area contributed by atoms with Gasteiger partial charge in [-0.05, 0) is 23.6 Å². The molecule has 1 aromatic rings. The summed E-state index contributed by atoms with van der Waals surface area (Å²) in [6.07, 6.45) is 1.08. The van der Waals surface area contributed by atoms with Crippen LogP contribution in [0.2, 0.25) is 0 Å². The Kier molecular flexibility index (Phi) is 4.44. The molecule has 2 atom stereocenters. The molecule has 0 amide bonds. The molecule has 0 bridgehead atoms. The number of fused-ring (bicyclic) bond motifs is 1. The summed E-state index contributed by atoms with van der Waals surface area (Å²) < 4.78 is 10.6. The molecular weight excluding hydrogens is 226 g/mol. The first-order valence-electron chi connectivity index (χ1n) is 5.37. The van der Waals surface area contributed by atoms with Crippen LogP contribution in [0, 0.1) is 5.92 Å². The molecule has 3 nitrogen and oxygen atoms in total. The number of hydrogen-bond donors (Lipinski definition) is 1. The van der Waals surface area contributed by atoms with Crippen molar-refractivity contribution in [3.05, 3.63) is 23.8 Å². The predicted octanol–water partition coefficient (Wildman–Crippen LogP) is 2.88. The zero-order valence-corrected chi connectivity index (χ0v) is 10.4. The highest BCUT2D eigenvalue weighted by atomic mass is 35.5. The molecule has 2 N–H and O–H groups in total. The molecule has 16 heavy (non-hydrogen) atoms. The van der Waals surface area contributed by atoms with Gasteiger partial charge in [0.05, 0.1) is 0 Å². The molecule has 1 aliphatic heterocycles. The third-order valence-electron chi connectivity index (χ3n) is 3.04. The van der Waals surface area contributed by atoms with E-state index >= 15 is 0 Å². The molecule has 0 saturated heterocycles. The number of halogens is 1. The fourth-order valence-corrected chi connectivity index (χ4v) is 1.70. The van der Waals surface area contributed by atoms with E-state index in [-0.39, 0.29) is 18.4 Å². The molecule has 0 aromatic heterocycles. The van der Waals surface area contributed by atoms with Crippen molar-refractivity contribution in [3.8, 4) is 11.5 Å². The van der Waals surface area contributed by atoms with Crippen molar-refractivity contribution >= 4 is 12.4 Å². The average Bonchev–Trinajstić information content (AvgIpc) is 2.73. The van der Waals surface area contributed by atoms with E-state index in [4.69, 9.17) is 15.2 Å². The van der Waals surface area contributed by atoms with Crippen LogP contribution in [0.3, 0.4) is 0 Å². The van der Waals surface area contributed by atoms with Crippen LogP contribution in [-0.2, 0) is 0 Å². The second-order valence-corrected chi connectivity index (χ2v) is 4.02. The van der Waals surface area contributed by atoms with Crippen LogP contribution < -0.4 is 15.2 Å². The molecular formula is C12H18ClNO2. The van der Waals surface area contributed by atoms with E-state index in [2.05, 4.69) is 13.8 Å². The minimum absolute atomic E-state index is 0. The molecule has 0 fully saturated rings. The Morgan fingerprint density at radius 3 is 2.69 bits per heavy atom. The molecule has 0 spiro atoms. The summed E-state index contributed by atoms with van der Waals surface area (Å²) in [7, 11) is 0. The maximum Gasteiger partial charge on any atom is 0.231 e. The van der Waals surface area contributed by atoms with Crippen LogP contribution >= 0.6 is 12.4 Å². The van der Waals surface area contributed by atoms with Crippen molar-refractivity contribution < 1.29 is 9.47 Å². The van der Waals surface area contributed by atoms with E-state index in [1.807, 2.05) is 18.2 Å². The van der Waals surface area contributed by atoms with E-state index < -0.39 is 0 Å². The molecule has 2 rings (SSSR count). The summed E-state index contributed by atoms with van der Waals surface area (Å²) in [5.74, 6) is 2.10. The van der Waals surface area contributed by atoms with Gasteiger partial charge in [-0.15, -0.1) is 12.4 Å². The number of benzene rings is 1. The fraction of sp³-hybridized carbons (Fsp3) is 0.500. The predicted molar refractivity (Wildman–Crippen MR) is 66.2 cm³/mol. The Labute approximate surface area is 102 Å². The Balaban J connectivity index is 0.00000128. The monoisotopic (exact) mass is 243 g/mol. The summed E-state index contributed by atoms with van der Waals surface area (Å²) in [4.78, 5) is 0. The summed E-state index contributed by atoms with van der Waals surface area (Å²) in [5, 5.41) is 0. The van der Waals surface area contributed by atoms with Gasteiger partial charge in [-0.2, -0.15) is 0 Å². The van der Waals surface area contributed by atoms with Crippen LogP contribution in [0.5, 0.6) is 11.5 Å². The smallest absolute Gasteiger partial charge is 0.231 e. The zero-order valence-electron chi connectivity index (χ0n) is 9.60. The third-order valence-corrected chi connectivity index (χ3v) is 3.04.